The molecule has 5 heteroatoms. The van der Waals surface area contributed by atoms with Crippen molar-refractivity contribution in [3.8, 4) is 11.1 Å². The Hall–Kier alpha value is -2.56. The van der Waals surface area contributed by atoms with Gasteiger partial charge in [-0.3, -0.25) is 9.59 Å². The highest BCUT2D eigenvalue weighted by molar-refractivity contribution is 5.80. The molecule has 3 rings (SSSR count). The summed E-state index contributed by atoms with van der Waals surface area (Å²) in [7, 11) is 5.24. The fourth-order valence-corrected chi connectivity index (χ4v) is 3.02. The van der Waals surface area contributed by atoms with Gasteiger partial charge in [-0.15, -0.1) is 0 Å². The Bertz CT molecular complexity index is 805. The molecule has 0 aliphatic heterocycles. The van der Waals surface area contributed by atoms with Gasteiger partial charge in [0.25, 0.3) is 5.56 Å². The number of pyridine rings is 1. The molecule has 1 aliphatic rings. The smallest absolute Gasteiger partial charge is 0.313 e. The summed E-state index contributed by atoms with van der Waals surface area (Å²) in [5.41, 5.74) is 2.24. The number of nitrogens with zero attached hydrogens (tertiary/aromatic N) is 2. The van der Waals surface area contributed by atoms with Crippen LogP contribution in [0.1, 0.15) is 12.8 Å². The minimum atomic E-state index is -0.536. The summed E-state index contributed by atoms with van der Waals surface area (Å²) in [4.78, 5) is 26.5. The van der Waals surface area contributed by atoms with Gasteiger partial charge < -0.3 is 14.2 Å². The van der Waals surface area contributed by atoms with Crippen LogP contribution >= 0.6 is 0 Å². The lowest BCUT2D eigenvalue weighted by Gasteiger charge is -2.21. The molecule has 2 aromatic rings. The summed E-state index contributed by atoms with van der Waals surface area (Å²) in [6, 6.07) is 11.6. The topological polar surface area (TPSA) is 51.5 Å². The van der Waals surface area contributed by atoms with Crippen LogP contribution in [-0.2, 0) is 16.1 Å². The fourth-order valence-electron chi connectivity index (χ4n) is 3.02. The van der Waals surface area contributed by atoms with E-state index >= 15 is 0 Å². The molecule has 1 aliphatic carbocycles. The van der Waals surface area contributed by atoms with Crippen LogP contribution in [-0.4, -0.2) is 31.7 Å². The highest BCUT2D eigenvalue weighted by Crippen LogP contribution is 2.48. The average molecular weight is 326 g/mol. The van der Waals surface area contributed by atoms with Crippen LogP contribution in [0.15, 0.2) is 47.4 Å². The van der Waals surface area contributed by atoms with E-state index in [1.54, 1.807) is 10.6 Å². The number of carbonyl (C=O) groups is 1. The van der Waals surface area contributed by atoms with E-state index in [1.807, 2.05) is 55.5 Å². The summed E-state index contributed by atoms with van der Waals surface area (Å²) >= 11 is 0. The summed E-state index contributed by atoms with van der Waals surface area (Å²) in [5.74, 6) is -0.229. The minimum Gasteiger partial charge on any atom is -0.469 e. The zero-order valence-electron chi connectivity index (χ0n) is 14.3. The summed E-state index contributed by atoms with van der Waals surface area (Å²) < 4.78 is 6.54. The van der Waals surface area contributed by atoms with Crippen LogP contribution in [0, 0.1) is 5.41 Å². The molecular weight excluding hydrogens is 304 g/mol. The lowest BCUT2D eigenvalue weighted by Crippen LogP contribution is -2.30. The van der Waals surface area contributed by atoms with Crippen LogP contribution < -0.4 is 10.5 Å². The molecule has 0 unspecified atom stereocenters. The van der Waals surface area contributed by atoms with E-state index in [0.717, 1.165) is 29.7 Å². The Labute approximate surface area is 141 Å². The zero-order valence-corrected chi connectivity index (χ0v) is 14.3. The molecule has 1 aromatic heterocycles. The molecule has 1 saturated carbocycles. The maximum absolute atomic E-state index is 12.5. The molecule has 0 saturated heterocycles. The molecule has 5 nitrogen and oxygen atoms in total. The number of anilines is 1. The van der Waals surface area contributed by atoms with Crippen LogP contribution in [0.3, 0.4) is 0 Å². The second-order valence-corrected chi connectivity index (χ2v) is 6.57. The van der Waals surface area contributed by atoms with Crippen LogP contribution in [0.4, 0.5) is 5.69 Å². The molecule has 0 bridgehead atoms. The van der Waals surface area contributed by atoms with Crippen molar-refractivity contribution in [1.29, 1.82) is 0 Å². The fraction of sp³-hybridized carbons (Fsp3) is 0.368. The highest BCUT2D eigenvalue weighted by Gasteiger charge is 2.51. The van der Waals surface area contributed by atoms with Crippen molar-refractivity contribution in [2.75, 3.05) is 26.1 Å². The van der Waals surface area contributed by atoms with Crippen LogP contribution in [0.5, 0.6) is 0 Å². The molecule has 0 radical (unpaired) electrons. The van der Waals surface area contributed by atoms with Gasteiger partial charge in [-0.2, -0.15) is 0 Å². The predicted octanol–water partition coefficient (Wildman–Crippen LogP) is 2.53. The van der Waals surface area contributed by atoms with Crippen molar-refractivity contribution in [3.05, 3.63) is 52.9 Å². The summed E-state index contributed by atoms with van der Waals surface area (Å²) in [5, 5.41) is 0. The summed E-state index contributed by atoms with van der Waals surface area (Å²) in [6.45, 7) is 0.367. The number of hydrogen-bond donors (Lipinski definition) is 0. The van der Waals surface area contributed by atoms with Gasteiger partial charge in [0.15, 0.2) is 0 Å². The van der Waals surface area contributed by atoms with Crippen molar-refractivity contribution in [2.45, 2.75) is 19.4 Å². The van der Waals surface area contributed by atoms with E-state index in [0.29, 0.717) is 6.54 Å². The van der Waals surface area contributed by atoms with Gasteiger partial charge in [0.2, 0.25) is 0 Å². The molecule has 0 N–H and O–H groups in total. The quantitative estimate of drug-likeness (QED) is 0.792. The predicted molar refractivity (Wildman–Crippen MR) is 94.1 cm³/mol. The molecule has 24 heavy (non-hydrogen) atoms. The molecular formula is C19H22N2O3. The van der Waals surface area contributed by atoms with Crippen LogP contribution in [0.25, 0.3) is 11.1 Å². The Balaban J connectivity index is 2.06. The molecule has 0 atom stereocenters. The molecule has 0 spiro atoms. The van der Waals surface area contributed by atoms with Gasteiger partial charge in [-0.25, -0.2) is 0 Å². The number of ether oxygens (including phenoxy) is 1. The summed E-state index contributed by atoms with van der Waals surface area (Å²) in [6.07, 6.45) is 3.39. The van der Waals surface area contributed by atoms with Crippen molar-refractivity contribution in [2.24, 2.45) is 5.41 Å². The molecule has 1 fully saturated rings. The van der Waals surface area contributed by atoms with E-state index in [9.17, 15) is 9.59 Å². The maximum Gasteiger partial charge on any atom is 0.313 e. The van der Waals surface area contributed by atoms with E-state index < -0.39 is 5.41 Å². The van der Waals surface area contributed by atoms with Crippen molar-refractivity contribution < 1.29 is 9.53 Å². The van der Waals surface area contributed by atoms with Gasteiger partial charge in [-0.05, 0) is 18.4 Å². The van der Waals surface area contributed by atoms with E-state index in [4.69, 9.17) is 4.74 Å². The van der Waals surface area contributed by atoms with Crippen molar-refractivity contribution in [3.63, 3.8) is 0 Å². The van der Waals surface area contributed by atoms with Gasteiger partial charge >= 0.3 is 5.97 Å². The third kappa shape index (κ3) is 2.94. The molecule has 1 heterocycles. The van der Waals surface area contributed by atoms with Gasteiger partial charge in [-0.1, -0.05) is 30.3 Å². The Morgan fingerprint density at radius 2 is 1.92 bits per heavy atom. The standard InChI is InChI=1S/C19H22N2O3/c1-20(2)16-11-17(22)21(13-19(9-10-19)18(23)24-3)12-15(16)14-7-5-4-6-8-14/h4-8,11-12H,9-10,13H2,1-3H3. The second kappa shape index (κ2) is 6.15. The molecule has 1 aromatic carbocycles. The normalized spacial score (nSPS) is 15.0. The lowest BCUT2D eigenvalue weighted by molar-refractivity contribution is -0.147. The monoisotopic (exact) mass is 326 g/mol. The van der Waals surface area contributed by atoms with E-state index in [2.05, 4.69) is 0 Å². The molecule has 0 amide bonds. The number of rotatable bonds is 5. The zero-order chi connectivity index (χ0) is 17.3. The Morgan fingerprint density at radius 1 is 1.25 bits per heavy atom. The molecule has 126 valence electrons. The third-order valence-corrected chi connectivity index (χ3v) is 4.62. The second-order valence-electron chi connectivity index (χ2n) is 6.57. The minimum absolute atomic E-state index is 0.103. The van der Waals surface area contributed by atoms with Crippen molar-refractivity contribution in [1.82, 2.24) is 4.57 Å². The first kappa shape index (κ1) is 16.3. The van der Waals surface area contributed by atoms with E-state index in [-0.39, 0.29) is 11.5 Å². The van der Waals surface area contributed by atoms with Gasteiger partial charge in [0, 0.05) is 38.5 Å². The lowest BCUT2D eigenvalue weighted by atomic mass is 10.0. The van der Waals surface area contributed by atoms with E-state index in [1.165, 1.54) is 7.11 Å². The average Bonchev–Trinajstić information content (AvgIpc) is 3.37. The largest absolute Gasteiger partial charge is 0.469 e. The SMILES string of the molecule is COC(=O)C1(Cn2cc(-c3ccccc3)c(N(C)C)cc2=O)CC1. The number of carbonyl (C=O) groups excluding carboxylic acids is 1. The first-order chi connectivity index (χ1) is 11.5. The number of esters is 1. The third-order valence-electron chi connectivity index (χ3n) is 4.62. The van der Waals surface area contributed by atoms with Crippen molar-refractivity contribution >= 4 is 11.7 Å². The van der Waals surface area contributed by atoms with Gasteiger partial charge in [0.1, 0.15) is 0 Å². The van der Waals surface area contributed by atoms with Crippen LogP contribution in [0.2, 0.25) is 0 Å². The maximum atomic E-state index is 12.5. The number of aromatic nitrogens is 1. The first-order valence-electron chi connectivity index (χ1n) is 8.02. The number of benzene rings is 1. The Kier molecular flexibility index (Phi) is 4.18. The number of methoxy groups -OCH3 is 1. The first-order valence-corrected chi connectivity index (χ1v) is 8.02. The van der Waals surface area contributed by atoms with Gasteiger partial charge in [0.05, 0.1) is 18.2 Å². The Morgan fingerprint density at radius 3 is 2.46 bits per heavy atom. The number of hydrogen-bond acceptors (Lipinski definition) is 4. The highest BCUT2D eigenvalue weighted by atomic mass is 16.5.